The highest BCUT2D eigenvalue weighted by Gasteiger charge is 2.16. The summed E-state index contributed by atoms with van der Waals surface area (Å²) in [6.45, 7) is 6.69. The molecule has 1 unspecified atom stereocenters. The Balaban J connectivity index is 2.95. The molecule has 0 aliphatic rings. The van der Waals surface area contributed by atoms with Crippen LogP contribution in [0.5, 0.6) is 11.5 Å². The summed E-state index contributed by atoms with van der Waals surface area (Å²) in [5, 5.41) is 12.2. The lowest BCUT2D eigenvalue weighted by atomic mass is 10.2. The number of rotatable bonds is 9. The molecule has 6 heteroatoms. The van der Waals surface area contributed by atoms with Gasteiger partial charge >= 0.3 is 0 Å². The van der Waals surface area contributed by atoms with Gasteiger partial charge in [-0.1, -0.05) is 24.9 Å². The van der Waals surface area contributed by atoms with E-state index in [-0.39, 0.29) is 12.5 Å². The Kier molecular flexibility index (Phi) is 8.06. The van der Waals surface area contributed by atoms with Crippen molar-refractivity contribution in [2.45, 2.75) is 39.7 Å². The Morgan fingerprint density at radius 1 is 1.36 bits per heavy atom. The van der Waals surface area contributed by atoms with Crippen LogP contribution in [-0.4, -0.2) is 36.9 Å². The largest absolute Gasteiger partial charge is 0.490 e. The van der Waals surface area contributed by atoms with Crippen molar-refractivity contribution in [2.24, 2.45) is 0 Å². The van der Waals surface area contributed by atoms with Gasteiger partial charge in [0.2, 0.25) is 0 Å². The zero-order valence-corrected chi connectivity index (χ0v) is 14.1. The molecule has 1 rings (SSSR count). The molecule has 0 aliphatic carbocycles. The number of aliphatic hydroxyl groups excluding tert-OH is 1. The Morgan fingerprint density at radius 3 is 2.68 bits per heavy atom. The third kappa shape index (κ3) is 5.73. The van der Waals surface area contributed by atoms with E-state index in [9.17, 15) is 9.90 Å². The van der Waals surface area contributed by atoms with Crippen molar-refractivity contribution in [3.63, 3.8) is 0 Å². The summed E-state index contributed by atoms with van der Waals surface area (Å²) in [7, 11) is 0. The minimum atomic E-state index is -0.609. The number of unbranched alkanes of at least 4 members (excludes halogenated alkanes) is 1. The van der Waals surface area contributed by atoms with E-state index in [1.165, 1.54) is 0 Å². The van der Waals surface area contributed by atoms with Crippen molar-refractivity contribution >= 4 is 17.5 Å². The van der Waals surface area contributed by atoms with Crippen molar-refractivity contribution in [3.8, 4) is 11.5 Å². The molecule has 1 aromatic carbocycles. The van der Waals surface area contributed by atoms with Gasteiger partial charge in [-0.05, 0) is 32.4 Å². The van der Waals surface area contributed by atoms with Crippen LogP contribution in [0.3, 0.4) is 0 Å². The maximum Gasteiger partial charge on any atom is 0.251 e. The van der Waals surface area contributed by atoms with Crippen LogP contribution in [0.4, 0.5) is 0 Å². The second-order valence-electron chi connectivity index (χ2n) is 4.98. The molecule has 0 aliphatic heterocycles. The fraction of sp³-hybridized carbons (Fsp3) is 0.562. The number of benzene rings is 1. The molecule has 0 bridgehead atoms. The number of halogens is 1. The first-order valence-electron chi connectivity index (χ1n) is 7.54. The van der Waals surface area contributed by atoms with Gasteiger partial charge in [-0.25, -0.2) is 0 Å². The summed E-state index contributed by atoms with van der Waals surface area (Å²) < 4.78 is 11.2. The summed E-state index contributed by atoms with van der Waals surface area (Å²) in [6, 6.07) is 3.15. The maximum atomic E-state index is 12.1. The number of amides is 1. The lowest BCUT2D eigenvalue weighted by Crippen LogP contribution is -2.30. The number of hydrogen-bond donors (Lipinski definition) is 2. The van der Waals surface area contributed by atoms with Crippen LogP contribution < -0.4 is 14.8 Å². The molecule has 0 radical (unpaired) electrons. The molecular weight excluding hydrogens is 306 g/mol. The third-order valence-electron chi connectivity index (χ3n) is 2.87. The summed E-state index contributed by atoms with van der Waals surface area (Å²) in [5.41, 5.74) is 0.372. The average Bonchev–Trinajstić information content (AvgIpc) is 2.47. The van der Waals surface area contributed by atoms with Crippen LogP contribution in [-0.2, 0) is 0 Å². The first-order chi connectivity index (χ1) is 10.5. The standard InChI is InChI=1S/C16H24ClNO4/c1-4-6-7-22-15-13(17)8-12(9-14(15)21-5-2)16(20)18-10-11(3)19/h8-9,11,19H,4-7,10H2,1-3H3,(H,18,20). The molecule has 1 atom stereocenters. The summed E-state index contributed by atoms with van der Waals surface area (Å²) in [6.07, 6.45) is 1.32. The van der Waals surface area contributed by atoms with Gasteiger partial charge in [0.05, 0.1) is 24.3 Å². The minimum Gasteiger partial charge on any atom is -0.490 e. The van der Waals surface area contributed by atoms with E-state index in [1.807, 2.05) is 6.92 Å². The van der Waals surface area contributed by atoms with Crippen molar-refractivity contribution in [1.29, 1.82) is 0 Å². The van der Waals surface area contributed by atoms with Gasteiger partial charge in [-0.2, -0.15) is 0 Å². The molecule has 1 amide bonds. The number of carbonyl (C=O) groups is 1. The number of hydrogen-bond acceptors (Lipinski definition) is 4. The van der Waals surface area contributed by atoms with Gasteiger partial charge < -0.3 is 19.9 Å². The smallest absolute Gasteiger partial charge is 0.251 e. The average molecular weight is 330 g/mol. The number of aliphatic hydroxyl groups is 1. The Bertz CT molecular complexity index is 491. The second-order valence-corrected chi connectivity index (χ2v) is 5.39. The zero-order valence-electron chi connectivity index (χ0n) is 13.3. The molecule has 0 saturated carbocycles. The lowest BCUT2D eigenvalue weighted by molar-refractivity contribution is 0.0923. The van der Waals surface area contributed by atoms with E-state index in [4.69, 9.17) is 21.1 Å². The summed E-state index contributed by atoms with van der Waals surface area (Å²) >= 11 is 6.22. The Hall–Kier alpha value is -1.46. The highest BCUT2D eigenvalue weighted by molar-refractivity contribution is 6.32. The van der Waals surface area contributed by atoms with Crippen LogP contribution >= 0.6 is 11.6 Å². The van der Waals surface area contributed by atoms with Crippen molar-refractivity contribution in [1.82, 2.24) is 5.32 Å². The molecule has 5 nitrogen and oxygen atoms in total. The van der Waals surface area contributed by atoms with E-state index < -0.39 is 6.10 Å². The van der Waals surface area contributed by atoms with Gasteiger partial charge in [0.15, 0.2) is 11.5 Å². The molecule has 2 N–H and O–H groups in total. The van der Waals surface area contributed by atoms with Crippen molar-refractivity contribution in [2.75, 3.05) is 19.8 Å². The maximum absolute atomic E-state index is 12.1. The predicted octanol–water partition coefficient (Wildman–Crippen LogP) is 3.03. The SMILES string of the molecule is CCCCOc1c(Cl)cc(C(=O)NCC(C)O)cc1OCC. The second kappa shape index (κ2) is 9.54. The summed E-state index contributed by atoms with van der Waals surface area (Å²) in [5.74, 6) is 0.598. The molecule has 124 valence electrons. The van der Waals surface area contributed by atoms with E-state index in [1.54, 1.807) is 19.1 Å². The molecule has 1 aromatic rings. The molecule has 0 aromatic heterocycles. The van der Waals surface area contributed by atoms with E-state index in [2.05, 4.69) is 12.2 Å². The van der Waals surface area contributed by atoms with Crippen LogP contribution in [0, 0.1) is 0 Å². The van der Waals surface area contributed by atoms with E-state index in [0.717, 1.165) is 12.8 Å². The number of nitrogens with one attached hydrogen (secondary N) is 1. The zero-order chi connectivity index (χ0) is 16.5. The van der Waals surface area contributed by atoms with Crippen LogP contribution in [0.1, 0.15) is 44.0 Å². The van der Waals surface area contributed by atoms with Crippen LogP contribution in [0.25, 0.3) is 0 Å². The topological polar surface area (TPSA) is 67.8 Å². The number of carbonyl (C=O) groups excluding carboxylic acids is 1. The first kappa shape index (κ1) is 18.6. The highest BCUT2D eigenvalue weighted by Crippen LogP contribution is 2.36. The minimum absolute atomic E-state index is 0.176. The molecular formula is C16H24ClNO4. The summed E-state index contributed by atoms with van der Waals surface area (Å²) in [4.78, 5) is 12.1. The van der Waals surface area contributed by atoms with E-state index >= 15 is 0 Å². The fourth-order valence-corrected chi connectivity index (χ4v) is 2.03. The van der Waals surface area contributed by atoms with E-state index in [0.29, 0.717) is 35.3 Å². The fourth-order valence-electron chi connectivity index (χ4n) is 1.76. The van der Waals surface area contributed by atoms with Gasteiger partial charge in [-0.3, -0.25) is 4.79 Å². The van der Waals surface area contributed by atoms with Gasteiger partial charge in [0.25, 0.3) is 5.91 Å². The van der Waals surface area contributed by atoms with Crippen LogP contribution in [0.15, 0.2) is 12.1 Å². The highest BCUT2D eigenvalue weighted by atomic mass is 35.5. The predicted molar refractivity (Wildman–Crippen MR) is 87.0 cm³/mol. The molecule has 0 saturated heterocycles. The number of ether oxygens (including phenoxy) is 2. The Labute approximate surface area is 136 Å². The molecule has 0 heterocycles. The lowest BCUT2D eigenvalue weighted by Gasteiger charge is -2.15. The molecule has 0 spiro atoms. The third-order valence-corrected chi connectivity index (χ3v) is 3.15. The first-order valence-corrected chi connectivity index (χ1v) is 7.92. The monoisotopic (exact) mass is 329 g/mol. The van der Waals surface area contributed by atoms with Crippen LogP contribution in [0.2, 0.25) is 5.02 Å². The van der Waals surface area contributed by atoms with Gasteiger partial charge in [0.1, 0.15) is 0 Å². The van der Waals surface area contributed by atoms with Crippen molar-refractivity contribution < 1.29 is 19.4 Å². The normalized spacial score (nSPS) is 11.9. The van der Waals surface area contributed by atoms with Gasteiger partial charge in [0, 0.05) is 12.1 Å². The quantitative estimate of drug-likeness (QED) is 0.683. The molecule has 22 heavy (non-hydrogen) atoms. The van der Waals surface area contributed by atoms with Gasteiger partial charge in [-0.15, -0.1) is 0 Å². The molecule has 0 fully saturated rings. The Morgan fingerprint density at radius 2 is 2.09 bits per heavy atom. The van der Waals surface area contributed by atoms with Crippen molar-refractivity contribution in [3.05, 3.63) is 22.7 Å².